The second-order valence-corrected chi connectivity index (χ2v) is 13.6. The highest BCUT2D eigenvalue weighted by atomic mass is 32.2. The molecule has 0 spiro atoms. The molecule has 0 aliphatic carbocycles. The van der Waals surface area contributed by atoms with E-state index >= 15 is 0 Å². The number of carbonyl (C=O) groups is 2. The van der Waals surface area contributed by atoms with Crippen LogP contribution in [0.3, 0.4) is 0 Å². The van der Waals surface area contributed by atoms with E-state index in [1.807, 2.05) is 75.4 Å². The number of benzene rings is 4. The molecule has 2 amide bonds. The maximum Gasteiger partial charge on any atom is 0.264 e. The molecule has 0 radical (unpaired) electrons. The van der Waals surface area contributed by atoms with Crippen LogP contribution in [-0.2, 0) is 32.6 Å². The molecule has 1 N–H and O–H groups in total. The van der Waals surface area contributed by atoms with Crippen molar-refractivity contribution in [2.75, 3.05) is 31.6 Å². The van der Waals surface area contributed by atoms with Gasteiger partial charge in [0, 0.05) is 25.6 Å². The summed E-state index contributed by atoms with van der Waals surface area (Å²) in [6.07, 6.45) is 0.240. The van der Waals surface area contributed by atoms with Crippen LogP contribution in [0.4, 0.5) is 5.69 Å². The van der Waals surface area contributed by atoms with Crippen molar-refractivity contribution in [3.8, 4) is 11.5 Å². The van der Waals surface area contributed by atoms with E-state index in [0.717, 1.165) is 21.0 Å². The van der Waals surface area contributed by atoms with E-state index in [9.17, 15) is 18.0 Å². The van der Waals surface area contributed by atoms with Crippen LogP contribution in [0.5, 0.6) is 11.5 Å². The standard InChI is InChI=1S/C37H43N3O6S/c1-27(2)24-38-37(42)33(22-29-14-8-6-9-15-29)39(25-30-16-12-13-28(3)21-30)36(41)26-40(47(43,44)32-17-10-7-11-18-32)31-19-20-34(45-4)35(23-31)46-5/h6-21,23,27,33H,22,24-26H2,1-5H3,(H,38,42)/t33-/m0/s1. The fourth-order valence-corrected chi connectivity index (χ4v) is 6.64. The molecule has 4 aromatic rings. The number of hydrogen-bond acceptors (Lipinski definition) is 6. The number of nitrogens with zero attached hydrogens (tertiary/aromatic N) is 2. The van der Waals surface area contributed by atoms with Gasteiger partial charge in [0.15, 0.2) is 11.5 Å². The molecule has 0 heterocycles. The van der Waals surface area contributed by atoms with Crippen molar-refractivity contribution in [3.63, 3.8) is 0 Å². The van der Waals surface area contributed by atoms with Crippen molar-refractivity contribution in [3.05, 3.63) is 120 Å². The van der Waals surface area contributed by atoms with Gasteiger partial charge in [-0.05, 0) is 48.2 Å². The van der Waals surface area contributed by atoms with E-state index in [0.29, 0.717) is 18.0 Å². The average Bonchev–Trinajstić information content (AvgIpc) is 3.08. The van der Waals surface area contributed by atoms with Crippen molar-refractivity contribution in [2.45, 2.75) is 44.7 Å². The van der Waals surface area contributed by atoms with Crippen LogP contribution in [0.25, 0.3) is 0 Å². The van der Waals surface area contributed by atoms with E-state index < -0.39 is 28.5 Å². The summed E-state index contributed by atoms with van der Waals surface area (Å²) < 4.78 is 40.4. The number of ether oxygens (including phenoxy) is 2. The molecule has 1 atom stereocenters. The molecule has 0 aliphatic heterocycles. The Morgan fingerprint density at radius 3 is 2.04 bits per heavy atom. The fraction of sp³-hybridized carbons (Fsp3) is 0.297. The predicted octanol–water partition coefficient (Wildman–Crippen LogP) is 5.62. The fourth-order valence-electron chi connectivity index (χ4n) is 5.21. The van der Waals surface area contributed by atoms with Crippen molar-refractivity contribution in [2.24, 2.45) is 5.92 Å². The number of hydrogen-bond donors (Lipinski definition) is 1. The average molecular weight is 658 g/mol. The maximum atomic E-state index is 14.6. The summed E-state index contributed by atoms with van der Waals surface area (Å²) in [4.78, 5) is 30.1. The molecule has 9 nitrogen and oxygen atoms in total. The number of methoxy groups -OCH3 is 2. The Kier molecular flexibility index (Phi) is 12.0. The lowest BCUT2D eigenvalue weighted by atomic mass is 10.0. The summed E-state index contributed by atoms with van der Waals surface area (Å²) in [5.41, 5.74) is 2.89. The van der Waals surface area contributed by atoms with Crippen LogP contribution < -0.4 is 19.1 Å². The summed E-state index contributed by atoms with van der Waals surface area (Å²) >= 11 is 0. The van der Waals surface area contributed by atoms with Crippen LogP contribution >= 0.6 is 0 Å². The highest BCUT2D eigenvalue weighted by Crippen LogP contribution is 2.34. The molecule has 248 valence electrons. The third-order valence-electron chi connectivity index (χ3n) is 7.66. The van der Waals surface area contributed by atoms with E-state index in [1.165, 1.54) is 37.3 Å². The minimum atomic E-state index is -4.24. The van der Waals surface area contributed by atoms with Gasteiger partial charge < -0.3 is 19.7 Å². The van der Waals surface area contributed by atoms with Gasteiger partial charge in [0.05, 0.1) is 24.8 Å². The molecule has 47 heavy (non-hydrogen) atoms. The molecule has 0 fully saturated rings. The molecule has 0 unspecified atom stereocenters. The molecule has 0 aromatic heterocycles. The number of aryl methyl sites for hydroxylation is 1. The number of nitrogens with one attached hydrogen (secondary N) is 1. The van der Waals surface area contributed by atoms with Gasteiger partial charge >= 0.3 is 0 Å². The smallest absolute Gasteiger partial charge is 0.264 e. The van der Waals surface area contributed by atoms with Gasteiger partial charge in [-0.2, -0.15) is 0 Å². The lowest BCUT2D eigenvalue weighted by molar-refractivity contribution is -0.140. The first-order valence-corrected chi connectivity index (χ1v) is 16.9. The van der Waals surface area contributed by atoms with Crippen LogP contribution in [0.2, 0.25) is 0 Å². The Labute approximate surface area is 278 Å². The van der Waals surface area contributed by atoms with E-state index in [-0.39, 0.29) is 35.4 Å². The van der Waals surface area contributed by atoms with E-state index in [1.54, 1.807) is 30.3 Å². The predicted molar refractivity (Wildman–Crippen MR) is 184 cm³/mol. The first kappa shape index (κ1) is 35.0. The maximum absolute atomic E-state index is 14.6. The number of anilines is 1. The second kappa shape index (κ2) is 16.1. The molecule has 4 aromatic carbocycles. The van der Waals surface area contributed by atoms with E-state index in [2.05, 4.69) is 5.32 Å². The zero-order chi connectivity index (χ0) is 34.0. The Hall–Kier alpha value is -4.83. The Morgan fingerprint density at radius 1 is 0.787 bits per heavy atom. The zero-order valence-electron chi connectivity index (χ0n) is 27.6. The summed E-state index contributed by atoms with van der Waals surface area (Å²) in [6, 6.07) is 28.9. The highest BCUT2D eigenvalue weighted by molar-refractivity contribution is 7.92. The van der Waals surface area contributed by atoms with Crippen molar-refractivity contribution < 1.29 is 27.5 Å². The number of amides is 2. The summed E-state index contributed by atoms with van der Waals surface area (Å²) in [7, 11) is -1.30. The van der Waals surface area contributed by atoms with Crippen LogP contribution in [-0.4, -0.2) is 58.5 Å². The Morgan fingerprint density at radius 2 is 1.43 bits per heavy atom. The number of sulfonamides is 1. The quantitative estimate of drug-likeness (QED) is 0.178. The SMILES string of the molecule is COc1ccc(N(CC(=O)N(Cc2cccc(C)c2)[C@@H](Cc2ccccc2)C(=O)NCC(C)C)S(=O)(=O)c2ccccc2)cc1OC. The third-order valence-corrected chi connectivity index (χ3v) is 9.44. The Bertz CT molecular complexity index is 1750. The van der Waals surface area contributed by atoms with E-state index in [4.69, 9.17) is 9.47 Å². The minimum Gasteiger partial charge on any atom is -0.493 e. The number of carbonyl (C=O) groups excluding carboxylic acids is 2. The first-order chi connectivity index (χ1) is 22.5. The summed E-state index contributed by atoms with van der Waals surface area (Å²) in [6.45, 7) is 5.91. The second-order valence-electron chi connectivity index (χ2n) is 11.7. The van der Waals surface area contributed by atoms with Crippen LogP contribution in [0.1, 0.15) is 30.5 Å². The molecule has 10 heteroatoms. The largest absolute Gasteiger partial charge is 0.493 e. The monoisotopic (exact) mass is 657 g/mol. The van der Waals surface area contributed by atoms with Crippen LogP contribution in [0.15, 0.2) is 108 Å². The normalized spacial score (nSPS) is 11.9. The lowest BCUT2D eigenvalue weighted by Gasteiger charge is -2.34. The zero-order valence-corrected chi connectivity index (χ0v) is 28.4. The topological polar surface area (TPSA) is 105 Å². The van der Waals surface area contributed by atoms with Crippen molar-refractivity contribution in [1.82, 2.24) is 10.2 Å². The molecule has 0 saturated carbocycles. The highest BCUT2D eigenvalue weighted by Gasteiger charge is 2.35. The van der Waals surface area contributed by atoms with Gasteiger partial charge in [-0.25, -0.2) is 8.42 Å². The molecule has 0 aliphatic rings. The summed E-state index contributed by atoms with van der Waals surface area (Å²) in [5, 5.41) is 3.01. The molecule has 4 rings (SSSR count). The lowest BCUT2D eigenvalue weighted by Crippen LogP contribution is -2.53. The van der Waals surface area contributed by atoms with Gasteiger partial charge in [-0.3, -0.25) is 13.9 Å². The molecular weight excluding hydrogens is 614 g/mol. The van der Waals surface area contributed by atoms with Gasteiger partial charge in [-0.1, -0.05) is 92.2 Å². The van der Waals surface area contributed by atoms with Gasteiger partial charge in [0.2, 0.25) is 11.8 Å². The summed E-state index contributed by atoms with van der Waals surface area (Å²) in [5.74, 6) is 0.0465. The van der Waals surface area contributed by atoms with Gasteiger partial charge in [0.25, 0.3) is 10.0 Å². The first-order valence-electron chi connectivity index (χ1n) is 15.5. The number of rotatable bonds is 15. The Balaban J connectivity index is 1.83. The van der Waals surface area contributed by atoms with Gasteiger partial charge in [-0.15, -0.1) is 0 Å². The van der Waals surface area contributed by atoms with Gasteiger partial charge in [0.1, 0.15) is 12.6 Å². The van der Waals surface area contributed by atoms with Crippen molar-refractivity contribution >= 4 is 27.5 Å². The molecular formula is C37H43N3O6S. The minimum absolute atomic E-state index is 0.0170. The third kappa shape index (κ3) is 9.13. The molecule has 0 saturated heterocycles. The van der Waals surface area contributed by atoms with Crippen LogP contribution in [0, 0.1) is 12.8 Å². The van der Waals surface area contributed by atoms with Crippen molar-refractivity contribution in [1.29, 1.82) is 0 Å². The molecule has 0 bridgehead atoms.